The van der Waals surface area contributed by atoms with Crippen molar-refractivity contribution in [2.24, 2.45) is 5.92 Å². The molecule has 2 aromatic rings. The summed E-state index contributed by atoms with van der Waals surface area (Å²) in [5.41, 5.74) is 7.73. The number of piperidine rings is 1. The zero-order valence-corrected chi connectivity index (χ0v) is 13.6. The number of nitrogens with two attached hydrogens (primary N) is 1. The van der Waals surface area contributed by atoms with Crippen LogP contribution in [0.3, 0.4) is 0 Å². The van der Waals surface area contributed by atoms with Gasteiger partial charge in [0.2, 0.25) is 5.95 Å². The summed E-state index contributed by atoms with van der Waals surface area (Å²) in [6.45, 7) is 3.13. The number of nitrogen functional groups attached to an aromatic ring is 1. The van der Waals surface area contributed by atoms with Crippen LogP contribution in [-0.2, 0) is 0 Å². The predicted molar refractivity (Wildman–Crippen MR) is 93.6 cm³/mol. The smallest absolute Gasteiger partial charge is 0.222 e. The predicted octanol–water partition coefficient (Wildman–Crippen LogP) is 2.57. The normalized spacial score (nSPS) is 23.8. The molecule has 2 fully saturated rings. The Hall–Kier alpha value is -1.85. The fourth-order valence-electron chi connectivity index (χ4n) is 3.64. The first-order valence-corrected chi connectivity index (χ1v) is 8.46. The second kappa shape index (κ2) is 5.98. The first-order chi connectivity index (χ1) is 11.2. The molecule has 1 aromatic heterocycles. The lowest BCUT2D eigenvalue weighted by molar-refractivity contribution is 0.340. The van der Waals surface area contributed by atoms with Gasteiger partial charge in [0, 0.05) is 35.8 Å². The van der Waals surface area contributed by atoms with E-state index in [-0.39, 0.29) is 0 Å². The highest BCUT2D eigenvalue weighted by Crippen LogP contribution is 2.30. The molecule has 0 spiro atoms. The Labute approximate surface area is 140 Å². The van der Waals surface area contributed by atoms with Crippen molar-refractivity contribution in [3.8, 4) is 11.3 Å². The molecule has 2 aliphatic rings. The van der Waals surface area contributed by atoms with E-state index in [0.29, 0.717) is 22.9 Å². The molecule has 0 bridgehead atoms. The Balaban J connectivity index is 1.65. The van der Waals surface area contributed by atoms with E-state index in [2.05, 4.69) is 20.2 Å². The van der Waals surface area contributed by atoms with E-state index in [1.165, 1.54) is 12.8 Å². The molecule has 2 atom stereocenters. The SMILES string of the molecule is Nc1nc(-c2cccc(Cl)c2)cc(N2C[C@H]3CCCN[C@H]3C2)n1. The average molecular weight is 330 g/mol. The summed E-state index contributed by atoms with van der Waals surface area (Å²) in [6, 6.07) is 10.2. The van der Waals surface area contributed by atoms with Gasteiger partial charge in [0.1, 0.15) is 5.82 Å². The van der Waals surface area contributed by atoms with Crippen molar-refractivity contribution in [3.05, 3.63) is 35.4 Å². The van der Waals surface area contributed by atoms with Crippen LogP contribution in [0.2, 0.25) is 5.02 Å². The van der Waals surface area contributed by atoms with Gasteiger partial charge in [-0.3, -0.25) is 0 Å². The Morgan fingerprint density at radius 3 is 2.96 bits per heavy atom. The zero-order valence-electron chi connectivity index (χ0n) is 12.9. The van der Waals surface area contributed by atoms with E-state index in [1.54, 1.807) is 0 Å². The molecule has 6 heteroatoms. The first-order valence-electron chi connectivity index (χ1n) is 8.08. The third kappa shape index (κ3) is 2.99. The van der Waals surface area contributed by atoms with Gasteiger partial charge < -0.3 is 16.0 Å². The maximum atomic E-state index is 6.09. The molecule has 0 unspecified atom stereocenters. The van der Waals surface area contributed by atoms with Crippen molar-refractivity contribution in [1.82, 2.24) is 15.3 Å². The molecule has 120 valence electrons. The van der Waals surface area contributed by atoms with Crippen LogP contribution in [0.5, 0.6) is 0 Å². The quantitative estimate of drug-likeness (QED) is 0.886. The van der Waals surface area contributed by atoms with Gasteiger partial charge in [-0.15, -0.1) is 0 Å². The van der Waals surface area contributed by atoms with Crippen LogP contribution in [0.25, 0.3) is 11.3 Å². The fraction of sp³-hybridized carbons (Fsp3) is 0.412. The van der Waals surface area contributed by atoms with E-state index in [1.807, 2.05) is 30.3 Å². The van der Waals surface area contributed by atoms with E-state index < -0.39 is 0 Å². The van der Waals surface area contributed by atoms with Crippen LogP contribution < -0.4 is 16.0 Å². The van der Waals surface area contributed by atoms with Gasteiger partial charge in [0.15, 0.2) is 0 Å². The molecule has 5 nitrogen and oxygen atoms in total. The van der Waals surface area contributed by atoms with Gasteiger partial charge in [0.05, 0.1) is 5.69 Å². The molecule has 0 amide bonds. The molecule has 2 aliphatic heterocycles. The molecule has 2 saturated heterocycles. The zero-order chi connectivity index (χ0) is 15.8. The van der Waals surface area contributed by atoms with Crippen molar-refractivity contribution in [3.63, 3.8) is 0 Å². The Bertz CT molecular complexity index is 706. The van der Waals surface area contributed by atoms with Crippen LogP contribution in [-0.4, -0.2) is 35.6 Å². The summed E-state index contributed by atoms with van der Waals surface area (Å²) < 4.78 is 0. The standard InChI is InChI=1S/C17H20ClN5/c18-13-5-1-3-11(7-13)14-8-16(22-17(19)21-14)23-9-12-4-2-6-20-15(12)10-23/h1,3,5,7-8,12,15,20H,2,4,6,9-10H2,(H2,19,21,22)/t12-,15+/m1/s1. The minimum absolute atomic E-state index is 0.306. The fourth-order valence-corrected chi connectivity index (χ4v) is 3.83. The molecule has 0 saturated carbocycles. The van der Waals surface area contributed by atoms with Gasteiger partial charge in [-0.25, -0.2) is 4.98 Å². The van der Waals surface area contributed by atoms with Crippen molar-refractivity contribution >= 4 is 23.4 Å². The summed E-state index contributed by atoms with van der Waals surface area (Å²) in [4.78, 5) is 11.1. The summed E-state index contributed by atoms with van der Waals surface area (Å²) in [7, 11) is 0. The summed E-state index contributed by atoms with van der Waals surface area (Å²) in [5.74, 6) is 1.92. The molecular formula is C17H20ClN5. The second-order valence-electron chi connectivity index (χ2n) is 6.35. The van der Waals surface area contributed by atoms with Gasteiger partial charge in [0.25, 0.3) is 0 Å². The molecular weight excluding hydrogens is 310 g/mol. The van der Waals surface area contributed by atoms with E-state index in [0.717, 1.165) is 36.7 Å². The number of hydrogen-bond acceptors (Lipinski definition) is 5. The van der Waals surface area contributed by atoms with Crippen molar-refractivity contribution in [2.75, 3.05) is 30.3 Å². The molecule has 4 rings (SSSR count). The van der Waals surface area contributed by atoms with Crippen LogP contribution in [0.15, 0.2) is 30.3 Å². The van der Waals surface area contributed by atoms with Crippen LogP contribution >= 0.6 is 11.6 Å². The number of benzene rings is 1. The molecule has 3 N–H and O–H groups in total. The summed E-state index contributed by atoms with van der Waals surface area (Å²) in [5, 5.41) is 4.31. The number of nitrogens with zero attached hydrogens (tertiary/aromatic N) is 3. The van der Waals surface area contributed by atoms with Crippen molar-refractivity contribution in [1.29, 1.82) is 0 Å². The Morgan fingerprint density at radius 2 is 2.13 bits per heavy atom. The number of anilines is 2. The highest BCUT2D eigenvalue weighted by Gasteiger charge is 2.35. The minimum atomic E-state index is 0.306. The maximum Gasteiger partial charge on any atom is 0.222 e. The number of rotatable bonds is 2. The highest BCUT2D eigenvalue weighted by molar-refractivity contribution is 6.30. The lowest BCUT2D eigenvalue weighted by atomic mass is 9.94. The second-order valence-corrected chi connectivity index (χ2v) is 6.78. The van der Waals surface area contributed by atoms with Crippen LogP contribution in [0, 0.1) is 5.92 Å². The third-order valence-corrected chi connectivity index (χ3v) is 5.01. The van der Waals surface area contributed by atoms with E-state index in [4.69, 9.17) is 17.3 Å². The first kappa shape index (κ1) is 14.7. The Kier molecular flexibility index (Phi) is 3.83. The number of halogens is 1. The Morgan fingerprint density at radius 1 is 1.22 bits per heavy atom. The molecule has 3 heterocycles. The number of fused-ring (bicyclic) bond motifs is 1. The minimum Gasteiger partial charge on any atom is -0.368 e. The van der Waals surface area contributed by atoms with E-state index in [9.17, 15) is 0 Å². The number of aromatic nitrogens is 2. The highest BCUT2D eigenvalue weighted by atomic mass is 35.5. The molecule has 0 aliphatic carbocycles. The molecule has 23 heavy (non-hydrogen) atoms. The van der Waals surface area contributed by atoms with Crippen molar-refractivity contribution in [2.45, 2.75) is 18.9 Å². The average Bonchev–Trinajstić information content (AvgIpc) is 2.98. The third-order valence-electron chi connectivity index (χ3n) is 4.77. The van der Waals surface area contributed by atoms with Crippen molar-refractivity contribution < 1.29 is 0 Å². The van der Waals surface area contributed by atoms with Crippen LogP contribution in [0.1, 0.15) is 12.8 Å². The van der Waals surface area contributed by atoms with Gasteiger partial charge in [-0.1, -0.05) is 23.7 Å². The van der Waals surface area contributed by atoms with Gasteiger partial charge >= 0.3 is 0 Å². The topological polar surface area (TPSA) is 67.1 Å². The van der Waals surface area contributed by atoms with Gasteiger partial charge in [-0.05, 0) is 37.4 Å². The van der Waals surface area contributed by atoms with Gasteiger partial charge in [-0.2, -0.15) is 4.98 Å². The van der Waals surface area contributed by atoms with E-state index >= 15 is 0 Å². The number of hydrogen-bond donors (Lipinski definition) is 2. The summed E-state index contributed by atoms with van der Waals surface area (Å²) >= 11 is 6.09. The lowest BCUT2D eigenvalue weighted by Crippen LogP contribution is -2.40. The molecule has 1 aromatic carbocycles. The monoisotopic (exact) mass is 329 g/mol. The number of nitrogens with one attached hydrogen (secondary N) is 1. The largest absolute Gasteiger partial charge is 0.368 e. The molecule has 0 radical (unpaired) electrons. The maximum absolute atomic E-state index is 6.09. The summed E-state index contributed by atoms with van der Waals surface area (Å²) in [6.07, 6.45) is 2.55. The van der Waals surface area contributed by atoms with Crippen LogP contribution in [0.4, 0.5) is 11.8 Å². The lowest BCUT2D eigenvalue weighted by Gasteiger charge is -2.24.